The van der Waals surface area contributed by atoms with Crippen LogP contribution in [0.4, 0.5) is 0 Å². The lowest BCUT2D eigenvalue weighted by Crippen LogP contribution is -2.29. The van der Waals surface area contributed by atoms with E-state index in [4.69, 9.17) is 0 Å². The zero-order valence-electron chi connectivity index (χ0n) is 5.57. The molecule has 2 N–H and O–H groups in total. The number of nitrogens with one attached hydrogen (secondary N) is 2. The van der Waals surface area contributed by atoms with Crippen molar-refractivity contribution in [2.24, 2.45) is 0 Å². The van der Waals surface area contributed by atoms with E-state index in [1.807, 2.05) is 26.1 Å². The van der Waals surface area contributed by atoms with Crippen molar-refractivity contribution in [3.05, 3.63) is 12.3 Å². The van der Waals surface area contributed by atoms with Gasteiger partial charge < -0.3 is 5.32 Å². The van der Waals surface area contributed by atoms with Crippen LogP contribution in [-0.2, 0) is 0 Å². The van der Waals surface area contributed by atoms with Crippen LogP contribution in [0.3, 0.4) is 0 Å². The number of rotatable bonds is 0. The third-order valence-electron chi connectivity index (χ3n) is 0.725. The highest BCUT2D eigenvalue weighted by Gasteiger charge is 1.81. The summed E-state index contributed by atoms with van der Waals surface area (Å²) in [5, 5.41) is 6.08. The van der Waals surface area contributed by atoms with Gasteiger partial charge in [-0.15, -0.1) is 0 Å². The van der Waals surface area contributed by atoms with Gasteiger partial charge in [0.05, 0.1) is 6.67 Å². The number of hydrogen-bond donors (Lipinski definition) is 2. The van der Waals surface area contributed by atoms with Crippen molar-refractivity contribution in [3.63, 3.8) is 0 Å². The summed E-state index contributed by atoms with van der Waals surface area (Å²) in [5.41, 5.74) is 0. The molecule has 2 nitrogen and oxygen atoms in total. The molecule has 1 aliphatic rings. The molecule has 0 aliphatic carbocycles. The van der Waals surface area contributed by atoms with E-state index >= 15 is 0 Å². The summed E-state index contributed by atoms with van der Waals surface area (Å²) >= 11 is 0. The van der Waals surface area contributed by atoms with E-state index in [0.29, 0.717) is 0 Å². The normalized spacial score (nSPS) is 15.8. The number of hydrogen-bond acceptors (Lipinski definition) is 2. The van der Waals surface area contributed by atoms with Crippen LogP contribution in [0.25, 0.3) is 0 Å². The lowest BCUT2D eigenvalue weighted by molar-refractivity contribution is 0.669. The van der Waals surface area contributed by atoms with Crippen molar-refractivity contribution in [3.8, 4) is 0 Å². The molecule has 0 aromatic heterocycles. The summed E-state index contributed by atoms with van der Waals surface area (Å²) < 4.78 is 0. The Morgan fingerprint density at radius 2 is 2.12 bits per heavy atom. The molecule has 2 heteroatoms. The Balaban J connectivity index is 0.000000222. The summed E-state index contributed by atoms with van der Waals surface area (Å²) in [6.45, 7) is 5.92. The van der Waals surface area contributed by atoms with Crippen molar-refractivity contribution in [2.75, 3.05) is 13.2 Å². The summed E-state index contributed by atoms with van der Waals surface area (Å²) in [5.74, 6) is 0. The molecule has 8 heavy (non-hydrogen) atoms. The first kappa shape index (κ1) is 7.50. The molecule has 0 saturated carbocycles. The van der Waals surface area contributed by atoms with Crippen molar-refractivity contribution >= 4 is 0 Å². The van der Waals surface area contributed by atoms with Gasteiger partial charge in [0.1, 0.15) is 0 Å². The van der Waals surface area contributed by atoms with Gasteiger partial charge in [0.15, 0.2) is 0 Å². The van der Waals surface area contributed by atoms with E-state index in [1.165, 1.54) is 0 Å². The summed E-state index contributed by atoms with van der Waals surface area (Å²) in [6.07, 6.45) is 4.00. The zero-order chi connectivity index (χ0) is 6.24. The molecule has 1 heterocycles. The minimum absolute atomic E-state index is 0.913. The Hall–Kier alpha value is -0.500. The lowest BCUT2D eigenvalue weighted by atomic mass is 10.5. The van der Waals surface area contributed by atoms with Crippen LogP contribution in [0, 0.1) is 0 Å². The SMILES string of the molecule is C1=CNCNC1.CC. The third-order valence-corrected chi connectivity index (χ3v) is 0.725. The predicted molar refractivity (Wildman–Crippen MR) is 36.5 cm³/mol. The third kappa shape index (κ3) is 3.68. The monoisotopic (exact) mass is 114 g/mol. The highest BCUT2D eigenvalue weighted by Crippen LogP contribution is 1.68. The minimum Gasteiger partial charge on any atom is -0.379 e. The van der Waals surface area contributed by atoms with Crippen LogP contribution in [0.1, 0.15) is 13.8 Å². The first-order valence-corrected chi connectivity index (χ1v) is 3.09. The van der Waals surface area contributed by atoms with E-state index in [1.54, 1.807) is 0 Å². The molecular formula is C6H14N2. The van der Waals surface area contributed by atoms with Gasteiger partial charge in [-0.2, -0.15) is 0 Å². The van der Waals surface area contributed by atoms with Crippen molar-refractivity contribution in [1.82, 2.24) is 10.6 Å². The van der Waals surface area contributed by atoms with E-state index in [0.717, 1.165) is 13.2 Å². The summed E-state index contributed by atoms with van der Waals surface area (Å²) in [6, 6.07) is 0. The zero-order valence-corrected chi connectivity index (χ0v) is 5.57. The van der Waals surface area contributed by atoms with Crippen molar-refractivity contribution < 1.29 is 0 Å². The first-order valence-electron chi connectivity index (χ1n) is 3.09. The second-order valence-electron chi connectivity index (χ2n) is 1.24. The van der Waals surface area contributed by atoms with Crippen LogP contribution in [0.2, 0.25) is 0 Å². The average molecular weight is 114 g/mol. The molecule has 1 aliphatic heterocycles. The Labute approximate surface area is 51.0 Å². The maximum Gasteiger partial charge on any atom is 0.0650 e. The molecule has 0 fully saturated rings. The predicted octanol–water partition coefficient (Wildman–Crippen LogP) is 0.677. The van der Waals surface area contributed by atoms with Gasteiger partial charge in [0.2, 0.25) is 0 Å². The van der Waals surface area contributed by atoms with Crippen molar-refractivity contribution in [2.45, 2.75) is 13.8 Å². The molecule has 48 valence electrons. The molecule has 0 amide bonds. The highest BCUT2D eigenvalue weighted by molar-refractivity contribution is 4.84. The maximum absolute atomic E-state index is 3.09. The molecule has 0 bridgehead atoms. The Bertz CT molecular complexity index is 51.5. The van der Waals surface area contributed by atoms with Crippen LogP contribution in [0.15, 0.2) is 12.3 Å². The van der Waals surface area contributed by atoms with Gasteiger partial charge in [-0.25, -0.2) is 0 Å². The fourth-order valence-corrected chi connectivity index (χ4v) is 0.429. The first-order chi connectivity index (χ1) is 4.00. The lowest BCUT2D eigenvalue weighted by Gasteiger charge is -2.05. The smallest absolute Gasteiger partial charge is 0.0650 e. The van der Waals surface area contributed by atoms with Gasteiger partial charge in [0, 0.05) is 6.54 Å². The molecule has 0 atom stereocenters. The van der Waals surface area contributed by atoms with Crippen LogP contribution in [0.5, 0.6) is 0 Å². The van der Waals surface area contributed by atoms with Gasteiger partial charge >= 0.3 is 0 Å². The fraction of sp³-hybridized carbons (Fsp3) is 0.667. The van der Waals surface area contributed by atoms with E-state index < -0.39 is 0 Å². The summed E-state index contributed by atoms with van der Waals surface area (Å²) in [7, 11) is 0. The molecule has 0 aromatic carbocycles. The van der Waals surface area contributed by atoms with Crippen LogP contribution >= 0.6 is 0 Å². The topological polar surface area (TPSA) is 24.1 Å². The van der Waals surface area contributed by atoms with Gasteiger partial charge in [-0.1, -0.05) is 19.9 Å². The summed E-state index contributed by atoms with van der Waals surface area (Å²) in [4.78, 5) is 0. The Morgan fingerprint density at radius 3 is 2.25 bits per heavy atom. The van der Waals surface area contributed by atoms with E-state index in [-0.39, 0.29) is 0 Å². The van der Waals surface area contributed by atoms with Crippen LogP contribution < -0.4 is 10.6 Å². The minimum atomic E-state index is 0.913. The van der Waals surface area contributed by atoms with Crippen molar-refractivity contribution in [1.29, 1.82) is 0 Å². The fourth-order valence-electron chi connectivity index (χ4n) is 0.429. The largest absolute Gasteiger partial charge is 0.379 e. The Kier molecular flexibility index (Phi) is 6.09. The van der Waals surface area contributed by atoms with E-state index in [2.05, 4.69) is 10.6 Å². The molecule has 1 rings (SSSR count). The maximum atomic E-state index is 3.09. The molecular weight excluding hydrogens is 100 g/mol. The highest BCUT2D eigenvalue weighted by atomic mass is 15.1. The van der Waals surface area contributed by atoms with Gasteiger partial charge in [-0.3, -0.25) is 5.32 Å². The Morgan fingerprint density at radius 1 is 1.38 bits per heavy atom. The molecule has 0 unspecified atom stereocenters. The quantitative estimate of drug-likeness (QED) is 0.484. The molecule has 0 spiro atoms. The van der Waals surface area contributed by atoms with Gasteiger partial charge in [0.25, 0.3) is 0 Å². The second-order valence-corrected chi connectivity index (χ2v) is 1.24. The average Bonchev–Trinajstić information content (AvgIpc) is 1.96. The molecule has 0 aromatic rings. The van der Waals surface area contributed by atoms with Crippen LogP contribution in [-0.4, -0.2) is 13.2 Å². The molecule has 0 saturated heterocycles. The standard InChI is InChI=1S/C4H8N2.C2H6/c1-2-5-4-6-3-1;1-2/h1-2,5-6H,3-4H2;1-2H3. The second kappa shape index (κ2) is 6.50. The molecule has 0 radical (unpaired) electrons. The van der Waals surface area contributed by atoms with Gasteiger partial charge in [-0.05, 0) is 6.20 Å². The van der Waals surface area contributed by atoms with E-state index in [9.17, 15) is 0 Å².